The van der Waals surface area contributed by atoms with Crippen LogP contribution >= 0.6 is 0 Å². The van der Waals surface area contributed by atoms with E-state index >= 15 is 0 Å². The molecular weight excluding hydrogens is 216 g/mol. The molecule has 0 aliphatic heterocycles. The molecule has 18 heavy (non-hydrogen) atoms. The third-order valence-corrected chi connectivity index (χ3v) is 4.02. The van der Waals surface area contributed by atoms with Crippen LogP contribution in [0, 0.1) is 5.92 Å². The smallest absolute Gasteiger partial charge is 0.0310 e. The van der Waals surface area contributed by atoms with Gasteiger partial charge < -0.3 is 0 Å². The van der Waals surface area contributed by atoms with E-state index in [1.807, 2.05) is 6.08 Å². The molecule has 3 rings (SSSR count). The normalized spacial score (nSPS) is 27.6. The van der Waals surface area contributed by atoms with E-state index in [1.165, 1.54) is 35.1 Å². The topological polar surface area (TPSA) is 0 Å². The molecule has 3 aliphatic carbocycles. The Balaban J connectivity index is 2.16. The molecule has 0 aromatic heterocycles. The summed E-state index contributed by atoms with van der Waals surface area (Å²) in [6.45, 7) is 6.08. The minimum Gasteiger partial charge on any atom is -0.0988 e. The fraction of sp³-hybridized carbons (Fsp3) is 0.222. The minimum atomic E-state index is 0.456. The molecule has 0 saturated carbocycles. The Morgan fingerprint density at radius 1 is 1.28 bits per heavy atom. The van der Waals surface area contributed by atoms with Gasteiger partial charge in [0.15, 0.2) is 0 Å². The summed E-state index contributed by atoms with van der Waals surface area (Å²) in [5.74, 6) is 0.456. The van der Waals surface area contributed by atoms with E-state index in [0.29, 0.717) is 5.92 Å². The highest BCUT2D eigenvalue weighted by Crippen LogP contribution is 2.42. The van der Waals surface area contributed by atoms with Crippen molar-refractivity contribution in [3.05, 3.63) is 83.1 Å². The summed E-state index contributed by atoms with van der Waals surface area (Å²) in [6, 6.07) is 0. The summed E-state index contributed by atoms with van der Waals surface area (Å²) in [6.07, 6.45) is 20.0. The Hall–Kier alpha value is -1.82. The van der Waals surface area contributed by atoms with Gasteiger partial charge >= 0.3 is 0 Å². The Labute approximate surface area is 109 Å². The molecule has 0 saturated heterocycles. The molecule has 3 aliphatic rings. The van der Waals surface area contributed by atoms with Gasteiger partial charge in [-0.1, -0.05) is 60.8 Å². The van der Waals surface area contributed by atoms with Gasteiger partial charge in [0.05, 0.1) is 0 Å². The van der Waals surface area contributed by atoms with Crippen LogP contribution in [0.3, 0.4) is 0 Å². The highest BCUT2D eigenvalue weighted by molar-refractivity contribution is 5.59. The van der Waals surface area contributed by atoms with Crippen LogP contribution in [0.5, 0.6) is 0 Å². The van der Waals surface area contributed by atoms with Gasteiger partial charge in [0.1, 0.15) is 0 Å². The van der Waals surface area contributed by atoms with E-state index in [1.54, 1.807) is 5.57 Å². The molecule has 0 aromatic rings. The summed E-state index contributed by atoms with van der Waals surface area (Å²) in [7, 11) is 0. The molecule has 0 aromatic carbocycles. The van der Waals surface area contributed by atoms with Crippen LogP contribution in [-0.2, 0) is 0 Å². The zero-order valence-corrected chi connectivity index (χ0v) is 10.8. The van der Waals surface area contributed by atoms with Crippen molar-refractivity contribution < 1.29 is 0 Å². The van der Waals surface area contributed by atoms with Crippen molar-refractivity contribution in [2.45, 2.75) is 19.8 Å². The van der Waals surface area contributed by atoms with Crippen molar-refractivity contribution in [3.63, 3.8) is 0 Å². The molecule has 1 atom stereocenters. The van der Waals surface area contributed by atoms with E-state index in [0.717, 1.165) is 0 Å². The third kappa shape index (κ3) is 1.69. The third-order valence-electron chi connectivity index (χ3n) is 4.02. The van der Waals surface area contributed by atoms with Gasteiger partial charge in [-0.15, -0.1) is 0 Å². The maximum atomic E-state index is 3.92. The molecular formula is C18H18. The molecule has 0 heteroatoms. The number of fused-ring (bicyclic) bond motifs is 2. The van der Waals surface area contributed by atoms with Crippen molar-refractivity contribution in [2.24, 2.45) is 5.92 Å². The van der Waals surface area contributed by atoms with Crippen LogP contribution in [0.25, 0.3) is 0 Å². The van der Waals surface area contributed by atoms with E-state index < -0.39 is 0 Å². The molecule has 0 fully saturated rings. The Morgan fingerprint density at radius 3 is 3.00 bits per heavy atom. The van der Waals surface area contributed by atoms with E-state index in [-0.39, 0.29) is 0 Å². The Bertz CT molecular complexity index is 571. The lowest BCUT2D eigenvalue weighted by atomic mass is 9.72. The number of hydrogen-bond acceptors (Lipinski definition) is 0. The lowest BCUT2D eigenvalue weighted by Crippen LogP contribution is -2.17. The zero-order valence-electron chi connectivity index (χ0n) is 10.8. The van der Waals surface area contributed by atoms with E-state index in [2.05, 4.69) is 56.0 Å². The van der Waals surface area contributed by atoms with Crippen LogP contribution in [-0.4, -0.2) is 0 Å². The number of hydrogen-bond donors (Lipinski definition) is 0. The van der Waals surface area contributed by atoms with Gasteiger partial charge in [0.2, 0.25) is 0 Å². The maximum absolute atomic E-state index is 3.92. The highest BCUT2D eigenvalue weighted by Gasteiger charge is 2.28. The SMILES string of the molecule is C=C/C(C)=C1/C=CC=C2C=CC3=C(CCC=C3)C21. The first kappa shape index (κ1) is 11.3. The maximum Gasteiger partial charge on any atom is 0.0310 e. The van der Waals surface area contributed by atoms with E-state index in [4.69, 9.17) is 0 Å². The van der Waals surface area contributed by atoms with Crippen molar-refractivity contribution in [2.75, 3.05) is 0 Å². The van der Waals surface area contributed by atoms with Crippen molar-refractivity contribution in [1.82, 2.24) is 0 Å². The average molecular weight is 234 g/mol. The monoisotopic (exact) mass is 234 g/mol. The molecule has 0 heterocycles. The predicted molar refractivity (Wildman–Crippen MR) is 78.2 cm³/mol. The van der Waals surface area contributed by atoms with Crippen LogP contribution in [0.1, 0.15) is 19.8 Å². The number of allylic oxidation sites excluding steroid dienone is 13. The first-order valence-corrected chi connectivity index (χ1v) is 6.60. The lowest BCUT2D eigenvalue weighted by molar-refractivity contribution is 0.760. The second-order valence-corrected chi connectivity index (χ2v) is 5.06. The summed E-state index contributed by atoms with van der Waals surface area (Å²) >= 11 is 0. The van der Waals surface area contributed by atoms with Gasteiger partial charge in [-0.2, -0.15) is 0 Å². The summed E-state index contributed by atoms with van der Waals surface area (Å²) < 4.78 is 0. The lowest BCUT2D eigenvalue weighted by Gasteiger charge is -2.32. The zero-order chi connectivity index (χ0) is 12.5. The fourth-order valence-electron chi connectivity index (χ4n) is 3.01. The summed E-state index contributed by atoms with van der Waals surface area (Å²) in [4.78, 5) is 0. The molecule has 0 nitrogen and oxygen atoms in total. The first-order valence-electron chi connectivity index (χ1n) is 6.60. The molecule has 1 unspecified atom stereocenters. The van der Waals surface area contributed by atoms with Gasteiger partial charge in [0, 0.05) is 5.92 Å². The average Bonchev–Trinajstić information content (AvgIpc) is 2.45. The largest absolute Gasteiger partial charge is 0.0988 e. The first-order chi connectivity index (χ1) is 8.81. The Morgan fingerprint density at radius 2 is 2.17 bits per heavy atom. The molecule has 0 N–H and O–H groups in total. The standard InChI is InChI=1S/C18H18/c1-3-13(2)16-10-6-8-15-12-11-14-7-4-5-9-17(14)18(15)16/h3-4,6-8,10-12,18H,1,5,9H2,2H3/b16-13-. The molecule has 0 bridgehead atoms. The predicted octanol–water partition coefficient (Wildman–Crippen LogP) is 4.82. The highest BCUT2D eigenvalue weighted by atomic mass is 14.3. The van der Waals surface area contributed by atoms with Crippen molar-refractivity contribution in [1.29, 1.82) is 0 Å². The van der Waals surface area contributed by atoms with Crippen molar-refractivity contribution in [3.8, 4) is 0 Å². The second kappa shape index (κ2) is 4.45. The van der Waals surface area contributed by atoms with Gasteiger partial charge in [-0.25, -0.2) is 0 Å². The quantitative estimate of drug-likeness (QED) is 0.610. The van der Waals surface area contributed by atoms with Gasteiger partial charge in [-0.3, -0.25) is 0 Å². The number of rotatable bonds is 1. The van der Waals surface area contributed by atoms with Crippen LogP contribution in [0.2, 0.25) is 0 Å². The summed E-state index contributed by atoms with van der Waals surface area (Å²) in [5.41, 5.74) is 7.11. The second-order valence-electron chi connectivity index (χ2n) is 5.06. The molecule has 0 radical (unpaired) electrons. The van der Waals surface area contributed by atoms with Gasteiger partial charge in [0.25, 0.3) is 0 Å². The van der Waals surface area contributed by atoms with Crippen molar-refractivity contribution >= 4 is 0 Å². The fourth-order valence-corrected chi connectivity index (χ4v) is 3.01. The Kier molecular flexibility index (Phi) is 2.79. The minimum absolute atomic E-state index is 0.456. The molecule has 0 spiro atoms. The van der Waals surface area contributed by atoms with Crippen LogP contribution in [0.4, 0.5) is 0 Å². The molecule has 0 amide bonds. The van der Waals surface area contributed by atoms with Crippen LogP contribution in [0.15, 0.2) is 83.1 Å². The summed E-state index contributed by atoms with van der Waals surface area (Å²) in [5, 5.41) is 0. The van der Waals surface area contributed by atoms with E-state index in [9.17, 15) is 0 Å². The molecule has 90 valence electrons. The van der Waals surface area contributed by atoms with Crippen LogP contribution < -0.4 is 0 Å². The van der Waals surface area contributed by atoms with Gasteiger partial charge in [-0.05, 0) is 42.1 Å².